The minimum Gasteiger partial charge on any atom is -0.513 e. The number of aliphatic hydroxyl groups excluding tert-OH is 2. The normalized spacial score (nSPS) is 17.1. The van der Waals surface area contributed by atoms with E-state index in [1.807, 2.05) is 0 Å². The summed E-state index contributed by atoms with van der Waals surface area (Å²) in [6.45, 7) is 2.11. The van der Waals surface area contributed by atoms with Gasteiger partial charge in [0.2, 0.25) is 6.29 Å². The summed E-state index contributed by atoms with van der Waals surface area (Å²) in [7, 11) is 1.49. The van der Waals surface area contributed by atoms with Crippen LogP contribution in [0.5, 0.6) is 0 Å². The Morgan fingerprint density at radius 2 is 2.23 bits per heavy atom. The second-order valence-corrected chi connectivity index (χ2v) is 5.38. The topological polar surface area (TPSA) is 49.7 Å². The van der Waals surface area contributed by atoms with Crippen molar-refractivity contribution < 1.29 is 14.9 Å². The maximum atomic E-state index is 9.29. The first kappa shape index (κ1) is 13.2. The zero-order valence-corrected chi connectivity index (χ0v) is 9.92. The fraction of sp³-hybridized carbons (Fsp3) is 0.875. The fourth-order valence-electron chi connectivity index (χ4n) is 0.823. The number of rotatable bonds is 6. The lowest BCUT2D eigenvalue weighted by molar-refractivity contribution is -0.0290. The van der Waals surface area contributed by atoms with E-state index >= 15 is 0 Å². The smallest absolute Gasteiger partial charge is 0.207 e. The second kappa shape index (κ2) is 7.55. The fourth-order valence-corrected chi connectivity index (χ4v) is 2.35. The van der Waals surface area contributed by atoms with Crippen LogP contribution in [0.1, 0.15) is 26.2 Å². The molecule has 2 atom stereocenters. The molecule has 0 amide bonds. The van der Waals surface area contributed by atoms with Gasteiger partial charge in [-0.15, -0.1) is 0 Å². The van der Waals surface area contributed by atoms with Crippen molar-refractivity contribution in [3.05, 3.63) is 0 Å². The van der Waals surface area contributed by atoms with E-state index in [0.29, 0.717) is 0 Å². The number of hydrogen-bond donors (Lipinski definition) is 3. The van der Waals surface area contributed by atoms with Gasteiger partial charge in [-0.25, -0.2) is 0 Å². The number of hydrogen-bond acceptors (Lipinski definition) is 4. The second-order valence-electron chi connectivity index (χ2n) is 2.78. The number of ether oxygens (including phenoxy) is 1. The van der Waals surface area contributed by atoms with Crippen molar-refractivity contribution in [1.82, 2.24) is 0 Å². The average Bonchev–Trinajstić information content (AvgIpc) is 2.13. The van der Waals surface area contributed by atoms with Crippen molar-refractivity contribution >= 4 is 27.1 Å². The lowest BCUT2D eigenvalue weighted by Gasteiger charge is -2.09. The molecule has 2 unspecified atom stereocenters. The third-order valence-corrected chi connectivity index (χ3v) is 3.41. The van der Waals surface area contributed by atoms with Gasteiger partial charge in [0.15, 0.2) is 0 Å². The molecule has 0 aromatic carbocycles. The van der Waals surface area contributed by atoms with Gasteiger partial charge in [-0.1, -0.05) is 19.8 Å². The molecule has 0 heterocycles. The van der Waals surface area contributed by atoms with Crippen LogP contribution in [0.25, 0.3) is 0 Å². The monoisotopic (exact) mass is 221 g/mol. The Morgan fingerprint density at radius 3 is 2.69 bits per heavy atom. The molecule has 13 heavy (non-hydrogen) atoms. The Labute approximate surface area is 87.0 Å². The average molecular weight is 221 g/mol. The minimum atomic E-state index is -1.16. The minimum absolute atomic E-state index is 0.0152. The molecule has 0 aliphatic rings. The van der Waals surface area contributed by atoms with E-state index in [1.54, 1.807) is 0 Å². The summed E-state index contributed by atoms with van der Waals surface area (Å²) < 4.78 is 4.56. The molecule has 0 aromatic heterocycles. The molecule has 0 bridgehead atoms. The van der Waals surface area contributed by atoms with Gasteiger partial charge in [-0.3, -0.25) is 0 Å². The van der Waals surface area contributed by atoms with E-state index in [2.05, 4.69) is 24.3 Å². The largest absolute Gasteiger partial charge is 0.513 e. The summed E-state index contributed by atoms with van der Waals surface area (Å²) in [6, 6.07) is 0. The summed E-state index contributed by atoms with van der Waals surface area (Å²) in [5.41, 5.74) is 0. The molecule has 0 aliphatic heterocycles. The lowest BCUT2D eigenvalue weighted by atomic mass is 10.3. The van der Waals surface area contributed by atoms with Crippen LogP contribution in [-0.2, 0) is 4.74 Å². The molecule has 0 aromatic rings. The lowest BCUT2D eigenvalue weighted by Crippen LogP contribution is -2.27. The van der Waals surface area contributed by atoms with Gasteiger partial charge >= 0.3 is 0 Å². The number of unbranched alkanes of at least 4 members (excludes halogenated alkanes) is 1. The molecule has 1 radical (unpaired) electrons. The summed E-state index contributed by atoms with van der Waals surface area (Å²) >= 11 is 4.30. The molecule has 5 heteroatoms. The Balaban J connectivity index is 3.90. The van der Waals surface area contributed by atoms with E-state index in [0.717, 1.165) is 19.3 Å². The highest BCUT2D eigenvalue weighted by Gasteiger charge is 2.09. The SMILES string of the molecule is CCCCC(S)[Si]=C(O)C(O)OC. The van der Waals surface area contributed by atoms with Crippen LogP contribution in [-0.4, -0.2) is 43.0 Å². The quantitative estimate of drug-likeness (QED) is 0.350. The first-order chi connectivity index (χ1) is 6.11. The van der Waals surface area contributed by atoms with Crippen molar-refractivity contribution in [3.63, 3.8) is 0 Å². The van der Waals surface area contributed by atoms with Gasteiger partial charge < -0.3 is 14.9 Å². The van der Waals surface area contributed by atoms with Crippen LogP contribution in [0, 0.1) is 0 Å². The highest BCUT2D eigenvalue weighted by atomic mass is 32.1. The van der Waals surface area contributed by atoms with Gasteiger partial charge in [0.05, 0.1) is 9.13 Å². The summed E-state index contributed by atoms with van der Waals surface area (Å²) in [5.74, 6) is 0. The van der Waals surface area contributed by atoms with E-state index < -0.39 is 6.29 Å². The standard InChI is InChI=1S/C8H17O3SSi/c1-3-4-5-6(12)13-8(10)7(9)11-2/h6-7,9-10,12H,3-5H2,1-2H3. The summed E-state index contributed by atoms with van der Waals surface area (Å²) in [5, 5.41) is 18.3. The van der Waals surface area contributed by atoms with Crippen LogP contribution in [0.3, 0.4) is 0 Å². The first-order valence-electron chi connectivity index (χ1n) is 4.33. The molecule has 2 N–H and O–H groups in total. The Morgan fingerprint density at radius 1 is 1.62 bits per heavy atom. The van der Waals surface area contributed by atoms with Gasteiger partial charge in [-0.05, 0) is 6.42 Å². The highest BCUT2D eigenvalue weighted by Crippen LogP contribution is 2.03. The zero-order chi connectivity index (χ0) is 10.3. The molecule has 3 nitrogen and oxygen atoms in total. The first-order valence-corrected chi connectivity index (χ1v) is 5.92. The van der Waals surface area contributed by atoms with Crippen LogP contribution in [0.15, 0.2) is 0 Å². The molecule has 77 valence electrons. The maximum absolute atomic E-state index is 9.29. The zero-order valence-electron chi connectivity index (χ0n) is 8.03. The van der Waals surface area contributed by atoms with E-state index in [4.69, 9.17) is 5.11 Å². The Kier molecular flexibility index (Phi) is 7.64. The molecule has 0 spiro atoms. The third kappa shape index (κ3) is 6.26. The number of thiol groups is 1. The highest BCUT2D eigenvalue weighted by molar-refractivity contribution is 7.82. The molecule has 0 fully saturated rings. The molecule has 0 rings (SSSR count). The van der Waals surface area contributed by atoms with Crippen LogP contribution < -0.4 is 0 Å². The van der Waals surface area contributed by atoms with Gasteiger partial charge in [0.25, 0.3) is 0 Å². The van der Waals surface area contributed by atoms with Crippen molar-refractivity contribution in [2.24, 2.45) is 0 Å². The summed E-state index contributed by atoms with van der Waals surface area (Å²) in [6.07, 6.45) is 2.01. The Bertz CT molecular complexity index is 163. The van der Waals surface area contributed by atoms with E-state index in [-0.39, 0.29) is 19.4 Å². The van der Waals surface area contributed by atoms with Gasteiger partial charge in [-0.2, -0.15) is 12.6 Å². The Hall–Kier alpha value is 0.157. The predicted octanol–water partition coefficient (Wildman–Crippen LogP) is 0.604. The maximum Gasteiger partial charge on any atom is 0.207 e. The molecular weight excluding hydrogens is 204 g/mol. The van der Waals surface area contributed by atoms with Crippen molar-refractivity contribution in [1.29, 1.82) is 0 Å². The molecular formula is C8H17O3SSi. The van der Waals surface area contributed by atoms with Crippen molar-refractivity contribution in [2.45, 2.75) is 37.3 Å². The molecule has 0 saturated heterocycles. The van der Waals surface area contributed by atoms with Gasteiger partial charge in [0, 0.05) is 12.0 Å². The van der Waals surface area contributed by atoms with Crippen LogP contribution in [0.2, 0.25) is 0 Å². The van der Waals surface area contributed by atoms with Crippen molar-refractivity contribution in [2.75, 3.05) is 7.11 Å². The van der Waals surface area contributed by atoms with Crippen LogP contribution in [0.4, 0.5) is 0 Å². The van der Waals surface area contributed by atoms with E-state index in [1.165, 1.54) is 7.11 Å². The molecule has 0 aliphatic carbocycles. The molecule has 0 saturated carbocycles. The summed E-state index contributed by atoms with van der Waals surface area (Å²) in [4.78, 5) is 0.129. The predicted molar refractivity (Wildman–Crippen MR) is 58.0 cm³/mol. The number of aliphatic hydroxyl groups is 2. The van der Waals surface area contributed by atoms with Gasteiger partial charge in [0.1, 0.15) is 5.35 Å². The van der Waals surface area contributed by atoms with E-state index in [9.17, 15) is 5.11 Å². The third-order valence-electron chi connectivity index (χ3n) is 1.60. The van der Waals surface area contributed by atoms with Crippen LogP contribution >= 0.6 is 12.6 Å². The van der Waals surface area contributed by atoms with Crippen molar-refractivity contribution in [3.8, 4) is 0 Å². The number of methoxy groups -OCH3 is 1.